The standard InChI is InChI=1S/C8H3FINO/c9-8-6(4-12)1-5(3-11)2-7(8)10/h1-2,4H. The molecule has 0 aliphatic rings. The SMILES string of the molecule is N#Cc1cc(I)c(F)c(C=O)c1. The van der Waals surface area contributed by atoms with Crippen LogP contribution in [0.25, 0.3) is 0 Å². The number of carbonyl (C=O) groups is 1. The molecule has 0 bridgehead atoms. The average Bonchev–Trinajstić information content (AvgIpc) is 2.09. The van der Waals surface area contributed by atoms with Gasteiger partial charge in [-0.2, -0.15) is 5.26 Å². The van der Waals surface area contributed by atoms with Crippen LogP contribution in [0.4, 0.5) is 4.39 Å². The molecule has 0 amide bonds. The molecule has 0 aliphatic heterocycles. The Morgan fingerprint density at radius 3 is 2.75 bits per heavy atom. The number of halogens is 2. The minimum absolute atomic E-state index is 0.0709. The zero-order valence-electron chi connectivity index (χ0n) is 5.84. The van der Waals surface area contributed by atoms with Crippen molar-refractivity contribution in [3.8, 4) is 6.07 Å². The van der Waals surface area contributed by atoms with Crippen LogP contribution in [-0.2, 0) is 0 Å². The maximum Gasteiger partial charge on any atom is 0.153 e. The Labute approximate surface area is 82.1 Å². The number of nitriles is 1. The first-order valence-electron chi connectivity index (χ1n) is 3.03. The van der Waals surface area contributed by atoms with Gasteiger partial charge in [0.1, 0.15) is 5.82 Å². The van der Waals surface area contributed by atoms with Gasteiger partial charge in [0.15, 0.2) is 6.29 Å². The summed E-state index contributed by atoms with van der Waals surface area (Å²) in [7, 11) is 0. The maximum absolute atomic E-state index is 13.0. The summed E-state index contributed by atoms with van der Waals surface area (Å²) in [6.07, 6.45) is 0.401. The summed E-state index contributed by atoms with van der Waals surface area (Å²) >= 11 is 1.74. The fourth-order valence-corrected chi connectivity index (χ4v) is 1.41. The molecule has 0 radical (unpaired) electrons. The highest BCUT2D eigenvalue weighted by atomic mass is 127. The quantitative estimate of drug-likeness (QED) is 0.581. The van der Waals surface area contributed by atoms with E-state index in [2.05, 4.69) is 0 Å². The van der Waals surface area contributed by atoms with Crippen LogP contribution in [0.15, 0.2) is 12.1 Å². The van der Waals surface area contributed by atoms with Crippen molar-refractivity contribution in [2.45, 2.75) is 0 Å². The van der Waals surface area contributed by atoms with Crippen LogP contribution in [0, 0.1) is 20.7 Å². The second kappa shape index (κ2) is 3.63. The first kappa shape index (κ1) is 9.13. The van der Waals surface area contributed by atoms with Crippen LogP contribution in [0.5, 0.6) is 0 Å². The van der Waals surface area contributed by atoms with E-state index in [9.17, 15) is 9.18 Å². The second-order valence-electron chi connectivity index (χ2n) is 2.09. The Balaban J connectivity index is 3.41. The number of aldehydes is 1. The molecule has 0 heterocycles. The van der Waals surface area contributed by atoms with Gasteiger partial charge in [-0.25, -0.2) is 4.39 Å². The molecule has 0 fully saturated rings. The normalized spacial score (nSPS) is 9.08. The fraction of sp³-hybridized carbons (Fsp3) is 0. The van der Waals surface area contributed by atoms with Gasteiger partial charge in [0.2, 0.25) is 0 Å². The van der Waals surface area contributed by atoms with E-state index in [0.29, 0.717) is 11.8 Å². The van der Waals surface area contributed by atoms with E-state index < -0.39 is 5.82 Å². The van der Waals surface area contributed by atoms with Crippen molar-refractivity contribution in [2.24, 2.45) is 0 Å². The van der Waals surface area contributed by atoms with Crippen LogP contribution in [0.1, 0.15) is 15.9 Å². The average molecular weight is 275 g/mol. The van der Waals surface area contributed by atoms with Gasteiger partial charge in [-0.05, 0) is 34.7 Å². The number of hydrogen-bond acceptors (Lipinski definition) is 2. The summed E-state index contributed by atoms with van der Waals surface area (Å²) < 4.78 is 13.3. The van der Waals surface area contributed by atoms with Crippen LogP contribution >= 0.6 is 22.6 Å². The maximum atomic E-state index is 13.0. The first-order valence-corrected chi connectivity index (χ1v) is 4.11. The molecule has 2 nitrogen and oxygen atoms in total. The van der Waals surface area contributed by atoms with Crippen molar-refractivity contribution in [2.75, 3.05) is 0 Å². The van der Waals surface area contributed by atoms with Crippen molar-refractivity contribution in [1.29, 1.82) is 5.26 Å². The molecule has 1 rings (SSSR count). The van der Waals surface area contributed by atoms with Gasteiger partial charge in [0.25, 0.3) is 0 Å². The van der Waals surface area contributed by atoms with Crippen molar-refractivity contribution in [3.63, 3.8) is 0 Å². The molecule has 0 unspecified atom stereocenters. The summed E-state index contributed by atoms with van der Waals surface area (Å²) in [5.74, 6) is -0.565. The van der Waals surface area contributed by atoms with Crippen LogP contribution < -0.4 is 0 Å². The fourth-order valence-electron chi connectivity index (χ4n) is 0.761. The summed E-state index contributed by atoms with van der Waals surface area (Å²) in [5, 5.41) is 8.48. The number of carbonyl (C=O) groups excluding carboxylic acids is 1. The topological polar surface area (TPSA) is 40.9 Å². The van der Waals surface area contributed by atoms with E-state index >= 15 is 0 Å². The number of hydrogen-bond donors (Lipinski definition) is 0. The lowest BCUT2D eigenvalue weighted by Crippen LogP contribution is -1.92. The number of benzene rings is 1. The Morgan fingerprint density at radius 2 is 2.25 bits per heavy atom. The third-order valence-corrected chi connectivity index (χ3v) is 2.10. The van der Waals surface area contributed by atoms with Crippen LogP contribution in [0.2, 0.25) is 0 Å². The molecule has 0 N–H and O–H groups in total. The Morgan fingerprint density at radius 1 is 1.58 bits per heavy atom. The Hall–Kier alpha value is -0.960. The van der Waals surface area contributed by atoms with Crippen LogP contribution in [-0.4, -0.2) is 6.29 Å². The van der Waals surface area contributed by atoms with E-state index in [1.54, 1.807) is 22.6 Å². The lowest BCUT2D eigenvalue weighted by atomic mass is 10.1. The highest BCUT2D eigenvalue weighted by Gasteiger charge is 2.07. The highest BCUT2D eigenvalue weighted by molar-refractivity contribution is 14.1. The summed E-state index contributed by atoms with van der Waals surface area (Å²) in [4.78, 5) is 10.3. The predicted molar refractivity (Wildman–Crippen MR) is 49.2 cm³/mol. The van der Waals surface area contributed by atoms with E-state index in [1.807, 2.05) is 6.07 Å². The molecule has 12 heavy (non-hydrogen) atoms. The van der Waals surface area contributed by atoms with Crippen LogP contribution in [0.3, 0.4) is 0 Å². The largest absolute Gasteiger partial charge is 0.298 e. The lowest BCUT2D eigenvalue weighted by Gasteiger charge is -1.97. The van der Waals surface area contributed by atoms with Crippen molar-refractivity contribution < 1.29 is 9.18 Å². The molecule has 0 aliphatic carbocycles. The third-order valence-electron chi connectivity index (χ3n) is 1.31. The zero-order chi connectivity index (χ0) is 9.14. The smallest absolute Gasteiger partial charge is 0.153 e. The molecule has 0 saturated carbocycles. The molecular formula is C8H3FINO. The molecule has 1 aromatic carbocycles. The van der Waals surface area contributed by atoms with E-state index in [4.69, 9.17) is 5.26 Å². The van der Waals surface area contributed by atoms with Gasteiger partial charge < -0.3 is 0 Å². The third kappa shape index (κ3) is 1.61. The minimum Gasteiger partial charge on any atom is -0.298 e. The molecule has 60 valence electrons. The molecule has 0 saturated heterocycles. The molecule has 0 spiro atoms. The summed E-state index contributed by atoms with van der Waals surface area (Å²) in [5.41, 5.74) is 0.223. The first-order chi connectivity index (χ1) is 5.69. The molecule has 0 atom stereocenters. The Kier molecular flexibility index (Phi) is 2.76. The van der Waals surface area contributed by atoms with E-state index in [-0.39, 0.29) is 9.13 Å². The number of rotatable bonds is 1. The van der Waals surface area contributed by atoms with Gasteiger partial charge >= 0.3 is 0 Å². The second-order valence-corrected chi connectivity index (χ2v) is 3.25. The zero-order valence-corrected chi connectivity index (χ0v) is 8.00. The van der Waals surface area contributed by atoms with Gasteiger partial charge in [0.05, 0.1) is 20.8 Å². The molecular weight excluding hydrogens is 272 g/mol. The van der Waals surface area contributed by atoms with Gasteiger partial charge in [-0.1, -0.05) is 0 Å². The highest BCUT2D eigenvalue weighted by Crippen LogP contribution is 2.16. The monoisotopic (exact) mass is 275 g/mol. The summed E-state index contributed by atoms with van der Waals surface area (Å²) in [6.45, 7) is 0. The molecule has 4 heteroatoms. The minimum atomic E-state index is -0.565. The summed E-state index contributed by atoms with van der Waals surface area (Å²) in [6, 6.07) is 4.46. The molecule has 0 aromatic heterocycles. The van der Waals surface area contributed by atoms with Gasteiger partial charge in [-0.15, -0.1) is 0 Å². The van der Waals surface area contributed by atoms with Gasteiger partial charge in [0, 0.05) is 0 Å². The van der Waals surface area contributed by atoms with Crippen molar-refractivity contribution >= 4 is 28.9 Å². The molecule has 1 aromatic rings. The lowest BCUT2D eigenvalue weighted by molar-refractivity contribution is 0.111. The van der Waals surface area contributed by atoms with Gasteiger partial charge in [-0.3, -0.25) is 4.79 Å². The van der Waals surface area contributed by atoms with Crippen molar-refractivity contribution in [1.82, 2.24) is 0 Å². The number of nitrogens with zero attached hydrogens (tertiary/aromatic N) is 1. The van der Waals surface area contributed by atoms with E-state index in [1.165, 1.54) is 12.1 Å². The predicted octanol–water partition coefficient (Wildman–Crippen LogP) is 2.11. The van der Waals surface area contributed by atoms with E-state index in [0.717, 1.165) is 0 Å². The Bertz CT molecular complexity index is 370. The van der Waals surface area contributed by atoms with Crippen molar-refractivity contribution in [3.05, 3.63) is 32.6 Å².